The molecular weight excluding hydrogens is 556 g/mol. The van der Waals surface area contributed by atoms with E-state index in [9.17, 15) is 14.4 Å². The summed E-state index contributed by atoms with van der Waals surface area (Å²) in [5.41, 5.74) is 2.82. The highest BCUT2D eigenvalue weighted by atomic mass is 79.9. The number of anilines is 1. The number of fused-ring (bicyclic) bond motifs is 1. The summed E-state index contributed by atoms with van der Waals surface area (Å²) in [6.45, 7) is 2.43. The average molecular weight is 576 g/mol. The van der Waals surface area contributed by atoms with E-state index in [1.165, 1.54) is 12.1 Å². The minimum atomic E-state index is -0.853. The lowest BCUT2D eigenvalue weighted by Gasteiger charge is -2.27. The Balaban J connectivity index is 1.40. The molecule has 4 aromatic carbocycles. The summed E-state index contributed by atoms with van der Waals surface area (Å²) in [6.07, 6.45) is 1.43. The Labute approximate surface area is 226 Å². The molecule has 1 aliphatic heterocycles. The average Bonchev–Trinajstić information content (AvgIpc) is 2.88. The lowest BCUT2D eigenvalue weighted by atomic mass is 10.0. The summed E-state index contributed by atoms with van der Waals surface area (Å²) < 4.78 is 6.77. The maximum Gasteiger partial charge on any atom is 0.335 e. The number of carbonyl (C=O) groups excluding carboxylic acids is 3. The zero-order valence-corrected chi connectivity index (χ0v) is 22.0. The summed E-state index contributed by atoms with van der Waals surface area (Å²) >= 11 is 9.72. The molecule has 37 heavy (non-hydrogen) atoms. The number of aryl methyl sites for hydroxylation is 1. The maximum absolute atomic E-state index is 13.1. The number of hydrogen-bond donors (Lipinski definition) is 1. The van der Waals surface area contributed by atoms with Crippen LogP contribution in [0.3, 0.4) is 0 Å². The van der Waals surface area contributed by atoms with Crippen LogP contribution in [0.15, 0.2) is 88.9 Å². The third kappa shape index (κ3) is 4.88. The van der Waals surface area contributed by atoms with Crippen molar-refractivity contribution in [3.63, 3.8) is 0 Å². The molecule has 1 aliphatic rings. The fraction of sp³-hybridized carbons (Fsp3) is 0.0690. The number of nitrogens with zero attached hydrogens (tertiary/aromatic N) is 1. The number of benzene rings is 4. The quantitative estimate of drug-likeness (QED) is 0.210. The second-order valence-electron chi connectivity index (χ2n) is 8.47. The minimum absolute atomic E-state index is 0.188. The zero-order valence-electron chi connectivity index (χ0n) is 19.6. The number of carbonyl (C=O) groups is 3. The Morgan fingerprint density at radius 3 is 2.51 bits per heavy atom. The molecule has 184 valence electrons. The highest BCUT2D eigenvalue weighted by Gasteiger charge is 2.37. The van der Waals surface area contributed by atoms with Crippen LogP contribution in [0, 0.1) is 6.92 Å². The Morgan fingerprint density at radius 1 is 0.973 bits per heavy atom. The number of barbiturate groups is 1. The third-order valence-electron chi connectivity index (χ3n) is 6.11. The fourth-order valence-corrected chi connectivity index (χ4v) is 4.92. The maximum atomic E-state index is 13.1. The third-order valence-corrected chi connectivity index (χ3v) is 7.05. The predicted octanol–water partition coefficient (Wildman–Crippen LogP) is 6.81. The molecule has 0 atom stereocenters. The highest BCUT2D eigenvalue weighted by molar-refractivity contribution is 9.10. The van der Waals surface area contributed by atoms with Crippen molar-refractivity contribution in [2.24, 2.45) is 0 Å². The van der Waals surface area contributed by atoms with Gasteiger partial charge in [-0.05, 0) is 75.1 Å². The molecule has 8 heteroatoms. The van der Waals surface area contributed by atoms with Crippen LogP contribution in [-0.4, -0.2) is 17.8 Å². The molecule has 0 saturated carbocycles. The van der Waals surface area contributed by atoms with Gasteiger partial charge in [0.1, 0.15) is 17.9 Å². The summed E-state index contributed by atoms with van der Waals surface area (Å²) in [4.78, 5) is 38.9. The Bertz CT molecular complexity index is 1620. The Kier molecular flexibility index (Phi) is 6.82. The molecule has 1 heterocycles. The van der Waals surface area contributed by atoms with E-state index in [0.29, 0.717) is 22.4 Å². The zero-order chi connectivity index (χ0) is 26.1. The van der Waals surface area contributed by atoms with E-state index in [1.54, 1.807) is 36.4 Å². The van der Waals surface area contributed by atoms with Gasteiger partial charge < -0.3 is 4.74 Å². The standard InChI is InChI=1S/C29H20BrClN2O4/c1-17-10-12-19-6-2-3-7-20(19)22(17)16-37-26-13-11-18(15-23(26)30)14-21-27(34)32-29(36)33(28(21)35)25-9-5-4-8-24(25)31/h2-15H,16H2,1H3,(H,32,34,36)/b21-14+. The lowest BCUT2D eigenvalue weighted by molar-refractivity contribution is -0.122. The summed E-state index contributed by atoms with van der Waals surface area (Å²) in [5.74, 6) is -0.923. The number of rotatable bonds is 5. The molecular formula is C29H20BrClN2O4. The van der Waals surface area contributed by atoms with E-state index in [-0.39, 0.29) is 16.3 Å². The number of urea groups is 1. The largest absolute Gasteiger partial charge is 0.488 e. The smallest absolute Gasteiger partial charge is 0.335 e. The summed E-state index contributed by atoms with van der Waals surface area (Å²) in [5, 5.41) is 4.70. The summed E-state index contributed by atoms with van der Waals surface area (Å²) in [6, 6.07) is 23.2. The predicted molar refractivity (Wildman–Crippen MR) is 148 cm³/mol. The van der Waals surface area contributed by atoms with Crippen molar-refractivity contribution in [2.75, 3.05) is 4.90 Å². The molecule has 4 amide bonds. The van der Waals surface area contributed by atoms with Gasteiger partial charge in [0.25, 0.3) is 11.8 Å². The number of hydrogen-bond acceptors (Lipinski definition) is 4. The van der Waals surface area contributed by atoms with Crippen LogP contribution in [-0.2, 0) is 16.2 Å². The molecule has 0 aromatic heterocycles. The lowest BCUT2D eigenvalue weighted by Crippen LogP contribution is -2.54. The second-order valence-corrected chi connectivity index (χ2v) is 9.73. The highest BCUT2D eigenvalue weighted by Crippen LogP contribution is 2.32. The van der Waals surface area contributed by atoms with Crippen molar-refractivity contribution < 1.29 is 19.1 Å². The van der Waals surface area contributed by atoms with Gasteiger partial charge in [-0.2, -0.15) is 0 Å². The molecule has 5 rings (SSSR count). The monoisotopic (exact) mass is 574 g/mol. The van der Waals surface area contributed by atoms with Crippen molar-refractivity contribution in [1.29, 1.82) is 0 Å². The number of nitrogens with one attached hydrogen (secondary N) is 1. The Hall–Kier alpha value is -3.94. The van der Waals surface area contributed by atoms with E-state index in [2.05, 4.69) is 52.4 Å². The van der Waals surface area contributed by atoms with Crippen molar-refractivity contribution in [1.82, 2.24) is 5.32 Å². The first kappa shape index (κ1) is 24.7. The van der Waals surface area contributed by atoms with E-state index in [1.807, 2.05) is 12.1 Å². The molecule has 4 aromatic rings. The van der Waals surface area contributed by atoms with Crippen molar-refractivity contribution in [3.8, 4) is 5.75 Å². The van der Waals surface area contributed by atoms with Gasteiger partial charge in [-0.1, -0.05) is 66.2 Å². The molecule has 0 aliphatic carbocycles. The first-order valence-corrected chi connectivity index (χ1v) is 12.6. The Morgan fingerprint density at radius 2 is 1.73 bits per heavy atom. The first-order chi connectivity index (χ1) is 17.8. The van der Waals surface area contributed by atoms with Crippen LogP contribution in [0.25, 0.3) is 16.8 Å². The first-order valence-electron chi connectivity index (χ1n) is 11.4. The van der Waals surface area contributed by atoms with Gasteiger partial charge in [0.15, 0.2) is 0 Å². The number of para-hydroxylation sites is 1. The van der Waals surface area contributed by atoms with Crippen LogP contribution in [0.2, 0.25) is 5.02 Å². The number of amides is 4. The van der Waals surface area contributed by atoms with Gasteiger partial charge in [-0.3, -0.25) is 14.9 Å². The van der Waals surface area contributed by atoms with Crippen LogP contribution in [0.4, 0.5) is 10.5 Å². The molecule has 0 spiro atoms. The molecule has 0 bridgehead atoms. The van der Waals surface area contributed by atoms with E-state index in [4.69, 9.17) is 16.3 Å². The van der Waals surface area contributed by atoms with Crippen LogP contribution < -0.4 is 15.0 Å². The van der Waals surface area contributed by atoms with Crippen molar-refractivity contribution >= 4 is 67.9 Å². The molecule has 0 radical (unpaired) electrons. The fourth-order valence-electron chi connectivity index (χ4n) is 4.19. The molecule has 6 nitrogen and oxygen atoms in total. The topological polar surface area (TPSA) is 75.7 Å². The molecule has 1 fully saturated rings. The molecule has 1 saturated heterocycles. The van der Waals surface area contributed by atoms with E-state index in [0.717, 1.165) is 26.8 Å². The molecule has 0 unspecified atom stereocenters. The van der Waals surface area contributed by atoms with E-state index >= 15 is 0 Å². The van der Waals surface area contributed by atoms with Gasteiger partial charge in [-0.25, -0.2) is 9.69 Å². The van der Waals surface area contributed by atoms with Crippen molar-refractivity contribution in [3.05, 3.63) is 111 Å². The number of imide groups is 2. The number of halogens is 2. The van der Waals surface area contributed by atoms with Crippen LogP contribution in [0.1, 0.15) is 16.7 Å². The normalized spacial score (nSPS) is 14.8. The van der Waals surface area contributed by atoms with E-state index < -0.39 is 17.8 Å². The minimum Gasteiger partial charge on any atom is -0.488 e. The van der Waals surface area contributed by atoms with Crippen molar-refractivity contribution in [2.45, 2.75) is 13.5 Å². The second kappa shape index (κ2) is 10.2. The summed E-state index contributed by atoms with van der Waals surface area (Å²) in [7, 11) is 0. The molecule has 1 N–H and O–H groups in total. The van der Waals surface area contributed by atoms with Crippen LogP contribution in [0.5, 0.6) is 5.75 Å². The van der Waals surface area contributed by atoms with Gasteiger partial charge >= 0.3 is 6.03 Å². The van der Waals surface area contributed by atoms with Gasteiger partial charge in [-0.15, -0.1) is 0 Å². The van der Waals surface area contributed by atoms with Gasteiger partial charge in [0, 0.05) is 5.56 Å². The van der Waals surface area contributed by atoms with Crippen LogP contribution >= 0.6 is 27.5 Å². The van der Waals surface area contributed by atoms with Gasteiger partial charge in [0.05, 0.1) is 15.2 Å². The number of ether oxygens (including phenoxy) is 1. The SMILES string of the molecule is Cc1ccc2ccccc2c1COc1ccc(/C=C2\C(=O)NC(=O)N(c3ccccc3Cl)C2=O)cc1Br. The van der Waals surface area contributed by atoms with Gasteiger partial charge in [0.2, 0.25) is 0 Å².